The van der Waals surface area contributed by atoms with Gasteiger partial charge in [-0.15, -0.1) is 0 Å². The highest BCUT2D eigenvalue weighted by Gasteiger charge is 2.22. The Kier molecular flexibility index (Phi) is 5.41. The Bertz CT molecular complexity index is 438. The third kappa shape index (κ3) is 4.09. The van der Waals surface area contributed by atoms with Crippen molar-refractivity contribution < 1.29 is 8.95 Å². The number of hydrogen-bond donors (Lipinski definition) is 0. The largest absolute Gasteiger partial charge is 0.496 e. The van der Waals surface area contributed by atoms with Gasteiger partial charge in [-0.3, -0.25) is 4.21 Å². The van der Waals surface area contributed by atoms with Crippen molar-refractivity contribution in [2.24, 2.45) is 0 Å². The van der Waals surface area contributed by atoms with Gasteiger partial charge in [0.1, 0.15) is 5.75 Å². The third-order valence-corrected chi connectivity index (χ3v) is 5.65. The molecule has 1 aromatic carbocycles. The molecule has 0 saturated carbocycles. The lowest BCUT2D eigenvalue weighted by atomic mass is 10.0. The van der Waals surface area contributed by atoms with Gasteiger partial charge >= 0.3 is 0 Å². The Hall–Kier alpha value is -0.350. The summed E-state index contributed by atoms with van der Waals surface area (Å²) in [6.45, 7) is 8.14. The third-order valence-electron chi connectivity index (χ3n) is 2.83. The highest BCUT2D eigenvalue weighted by Crippen LogP contribution is 2.30. The summed E-state index contributed by atoms with van der Waals surface area (Å²) in [4.78, 5) is 0. The van der Waals surface area contributed by atoms with E-state index in [1.807, 2.05) is 32.9 Å². The first-order valence-electron chi connectivity index (χ1n) is 5.97. The van der Waals surface area contributed by atoms with E-state index in [-0.39, 0.29) is 10.7 Å². The minimum Gasteiger partial charge on any atom is -0.496 e. The molecule has 0 aliphatic carbocycles. The van der Waals surface area contributed by atoms with Gasteiger partial charge in [-0.1, -0.05) is 13.0 Å². The monoisotopic (exact) mass is 332 g/mol. The summed E-state index contributed by atoms with van der Waals surface area (Å²) in [5, 5.41) is 0. The van der Waals surface area contributed by atoms with Gasteiger partial charge in [-0.25, -0.2) is 0 Å². The summed E-state index contributed by atoms with van der Waals surface area (Å²) in [5.74, 6) is 1.75. The van der Waals surface area contributed by atoms with Crippen molar-refractivity contribution in [1.29, 1.82) is 0 Å². The number of rotatable bonds is 4. The second-order valence-electron chi connectivity index (χ2n) is 5.42. The molecule has 1 rings (SSSR count). The molecule has 0 aromatic heterocycles. The van der Waals surface area contributed by atoms with Crippen LogP contribution in [-0.2, 0) is 10.8 Å². The molecule has 0 saturated heterocycles. The van der Waals surface area contributed by atoms with Crippen molar-refractivity contribution in [2.75, 3.05) is 12.9 Å². The first-order chi connectivity index (χ1) is 8.25. The number of hydrogen-bond acceptors (Lipinski definition) is 2. The standard InChI is InChI=1S/C14H21BrO2S/c1-10(9-18(16)14(2,3)4)11-6-7-12(15)13(8-11)17-5/h6-8,10H,9H2,1-5H3. The molecule has 2 atom stereocenters. The van der Waals surface area contributed by atoms with Gasteiger partial charge in [0.2, 0.25) is 0 Å². The molecule has 2 nitrogen and oxygen atoms in total. The molecule has 0 aliphatic heterocycles. The van der Waals surface area contributed by atoms with Crippen molar-refractivity contribution in [3.8, 4) is 5.75 Å². The van der Waals surface area contributed by atoms with Gasteiger partial charge in [0.25, 0.3) is 0 Å². The molecule has 0 radical (unpaired) electrons. The molecule has 0 aliphatic rings. The van der Waals surface area contributed by atoms with Crippen LogP contribution in [-0.4, -0.2) is 21.8 Å². The van der Waals surface area contributed by atoms with E-state index in [1.54, 1.807) is 7.11 Å². The molecule has 4 heteroatoms. The minimum atomic E-state index is -0.834. The molecule has 102 valence electrons. The van der Waals surface area contributed by atoms with Crippen LogP contribution in [0.1, 0.15) is 39.2 Å². The van der Waals surface area contributed by atoms with Crippen LogP contribution in [0.15, 0.2) is 22.7 Å². The summed E-state index contributed by atoms with van der Waals surface area (Å²) in [6.07, 6.45) is 0. The number of halogens is 1. The van der Waals surface area contributed by atoms with Crippen LogP contribution in [0.5, 0.6) is 5.75 Å². The van der Waals surface area contributed by atoms with Crippen molar-refractivity contribution in [3.63, 3.8) is 0 Å². The first kappa shape index (κ1) is 15.7. The van der Waals surface area contributed by atoms with Crippen LogP contribution < -0.4 is 4.74 Å². The van der Waals surface area contributed by atoms with Gasteiger partial charge in [-0.2, -0.15) is 0 Å². The van der Waals surface area contributed by atoms with Crippen LogP contribution >= 0.6 is 15.9 Å². The maximum Gasteiger partial charge on any atom is 0.133 e. The Balaban J connectivity index is 2.85. The van der Waals surface area contributed by atoms with Gasteiger partial charge in [0, 0.05) is 21.3 Å². The van der Waals surface area contributed by atoms with Crippen molar-refractivity contribution in [3.05, 3.63) is 28.2 Å². The number of benzene rings is 1. The average molecular weight is 333 g/mol. The molecular formula is C14H21BrO2S. The van der Waals surface area contributed by atoms with Crippen LogP contribution in [0, 0.1) is 0 Å². The van der Waals surface area contributed by atoms with Crippen LogP contribution in [0.3, 0.4) is 0 Å². The second kappa shape index (κ2) is 6.20. The lowest BCUT2D eigenvalue weighted by Gasteiger charge is -2.21. The van der Waals surface area contributed by atoms with Crippen LogP contribution in [0.4, 0.5) is 0 Å². The maximum atomic E-state index is 12.1. The summed E-state index contributed by atoms with van der Waals surface area (Å²) in [7, 11) is 0.820. The summed E-state index contributed by atoms with van der Waals surface area (Å²) in [5.41, 5.74) is 1.16. The number of methoxy groups -OCH3 is 1. The smallest absolute Gasteiger partial charge is 0.133 e. The molecule has 0 heterocycles. The fraction of sp³-hybridized carbons (Fsp3) is 0.571. The molecule has 1 aromatic rings. The summed E-state index contributed by atoms with van der Waals surface area (Å²) < 4.78 is 18.2. The Morgan fingerprint density at radius 1 is 1.39 bits per heavy atom. The van der Waals surface area contributed by atoms with E-state index in [1.165, 1.54) is 0 Å². The van der Waals surface area contributed by atoms with Crippen molar-refractivity contribution in [1.82, 2.24) is 0 Å². The fourth-order valence-corrected chi connectivity index (χ4v) is 3.11. The molecule has 0 fully saturated rings. The average Bonchev–Trinajstić information content (AvgIpc) is 2.28. The Labute approximate surface area is 121 Å². The second-order valence-corrected chi connectivity index (χ2v) is 8.52. The quantitative estimate of drug-likeness (QED) is 0.829. The lowest BCUT2D eigenvalue weighted by molar-refractivity contribution is 0.411. The normalized spacial score (nSPS) is 15.2. The zero-order valence-corrected chi connectivity index (χ0v) is 14.0. The summed E-state index contributed by atoms with van der Waals surface area (Å²) >= 11 is 3.44. The Morgan fingerprint density at radius 2 is 2.00 bits per heavy atom. The van der Waals surface area contributed by atoms with E-state index in [0.717, 1.165) is 15.8 Å². The molecular weight excluding hydrogens is 312 g/mol. The van der Waals surface area contributed by atoms with Crippen molar-refractivity contribution >= 4 is 26.7 Å². The van der Waals surface area contributed by atoms with Crippen molar-refractivity contribution in [2.45, 2.75) is 38.4 Å². The van der Waals surface area contributed by atoms with E-state index >= 15 is 0 Å². The first-order valence-corrected chi connectivity index (χ1v) is 8.09. The Morgan fingerprint density at radius 3 is 2.50 bits per heavy atom. The highest BCUT2D eigenvalue weighted by atomic mass is 79.9. The maximum absolute atomic E-state index is 12.1. The molecule has 0 spiro atoms. The van der Waals surface area contributed by atoms with Gasteiger partial charge in [-0.05, 0) is 60.3 Å². The molecule has 0 N–H and O–H groups in total. The van der Waals surface area contributed by atoms with Gasteiger partial charge in [0.15, 0.2) is 0 Å². The van der Waals surface area contributed by atoms with Gasteiger partial charge in [0.05, 0.1) is 11.6 Å². The van der Waals surface area contributed by atoms with E-state index in [9.17, 15) is 4.21 Å². The van der Waals surface area contributed by atoms with E-state index in [4.69, 9.17) is 4.74 Å². The lowest BCUT2D eigenvalue weighted by Crippen LogP contribution is -2.26. The topological polar surface area (TPSA) is 26.3 Å². The molecule has 18 heavy (non-hydrogen) atoms. The van der Waals surface area contributed by atoms with Crippen LogP contribution in [0.2, 0.25) is 0 Å². The molecule has 2 unspecified atom stereocenters. The molecule has 0 amide bonds. The fourth-order valence-electron chi connectivity index (χ4n) is 1.56. The van der Waals surface area contributed by atoms with Crippen LogP contribution in [0.25, 0.3) is 0 Å². The zero-order valence-electron chi connectivity index (χ0n) is 11.6. The van der Waals surface area contributed by atoms with Gasteiger partial charge < -0.3 is 4.74 Å². The SMILES string of the molecule is COc1cc(C(C)CS(=O)C(C)(C)C)ccc1Br. The van der Waals surface area contributed by atoms with E-state index in [2.05, 4.69) is 28.9 Å². The predicted molar refractivity (Wildman–Crippen MR) is 81.9 cm³/mol. The molecule has 0 bridgehead atoms. The predicted octanol–water partition coefficient (Wildman–Crippen LogP) is 4.11. The minimum absolute atomic E-state index is 0.159. The van der Waals surface area contributed by atoms with E-state index in [0.29, 0.717) is 5.75 Å². The zero-order chi connectivity index (χ0) is 13.9. The van der Waals surface area contributed by atoms with E-state index < -0.39 is 10.8 Å². The highest BCUT2D eigenvalue weighted by molar-refractivity contribution is 9.10. The summed E-state index contributed by atoms with van der Waals surface area (Å²) in [6, 6.07) is 6.04. The number of ether oxygens (including phenoxy) is 1.